The molecule has 0 aromatic carbocycles. The van der Waals surface area contributed by atoms with E-state index in [9.17, 15) is 9.59 Å². The van der Waals surface area contributed by atoms with E-state index < -0.39 is 0 Å². The number of amides is 2. The summed E-state index contributed by atoms with van der Waals surface area (Å²) in [7, 11) is 0. The van der Waals surface area contributed by atoms with Crippen molar-refractivity contribution in [3.05, 3.63) is 24.5 Å². The largest absolute Gasteiger partial charge is 0.419 e. The standard InChI is InChI=1S/C23H31N7O3/c31-20(7-3-6-19-26-17-5-2-1-4-16(17)21(32)27-19)30-12-8-15(9-13-30)22-28-29-23(33-22)18-14-24-10-11-25-18/h10-11,14-17,19,26H,1-9,12-13H2,(H,27,32). The summed E-state index contributed by atoms with van der Waals surface area (Å²) in [5, 5.41) is 15.0. The first-order valence-corrected chi connectivity index (χ1v) is 12.1. The Hall–Kier alpha value is -2.88. The minimum atomic E-state index is -0.0172. The molecular weight excluding hydrogens is 422 g/mol. The number of carbonyl (C=O) groups is 2. The molecule has 2 N–H and O–H groups in total. The number of carbonyl (C=O) groups excluding carboxylic acids is 2. The Bertz CT molecular complexity index is 958. The molecule has 2 saturated heterocycles. The highest BCUT2D eigenvalue weighted by molar-refractivity contribution is 5.80. The number of likely N-dealkylation sites (tertiary alicyclic amines) is 1. The Labute approximate surface area is 192 Å². The summed E-state index contributed by atoms with van der Waals surface area (Å²) in [5.41, 5.74) is 0.562. The molecule has 10 heteroatoms. The average Bonchev–Trinajstić information content (AvgIpc) is 3.35. The SMILES string of the molecule is O=C1NC(CCCC(=O)N2CCC(c3nnc(-c4cnccn4)o3)CC2)NC2CCCCC12. The van der Waals surface area contributed by atoms with E-state index in [1.54, 1.807) is 18.6 Å². The minimum Gasteiger partial charge on any atom is -0.419 e. The Kier molecular flexibility index (Phi) is 6.61. The van der Waals surface area contributed by atoms with E-state index in [0.29, 0.717) is 43.0 Å². The number of fused-ring (bicyclic) bond motifs is 1. The molecule has 3 fully saturated rings. The zero-order valence-electron chi connectivity index (χ0n) is 18.8. The molecule has 2 aromatic rings. The summed E-state index contributed by atoms with van der Waals surface area (Å²) < 4.78 is 5.81. The van der Waals surface area contributed by atoms with Crippen LogP contribution in [0.5, 0.6) is 0 Å². The van der Waals surface area contributed by atoms with Gasteiger partial charge in [0.1, 0.15) is 5.69 Å². The fraction of sp³-hybridized carbons (Fsp3) is 0.652. The summed E-state index contributed by atoms with van der Waals surface area (Å²) in [5.74, 6) is 1.60. The van der Waals surface area contributed by atoms with Crippen LogP contribution in [0.3, 0.4) is 0 Å². The van der Waals surface area contributed by atoms with E-state index in [1.165, 1.54) is 6.42 Å². The van der Waals surface area contributed by atoms with Gasteiger partial charge < -0.3 is 14.6 Å². The predicted octanol–water partition coefficient (Wildman–Crippen LogP) is 2.01. The van der Waals surface area contributed by atoms with Crippen LogP contribution >= 0.6 is 0 Å². The monoisotopic (exact) mass is 453 g/mol. The molecular formula is C23H31N7O3. The highest BCUT2D eigenvalue weighted by Gasteiger charge is 2.37. The van der Waals surface area contributed by atoms with Gasteiger partial charge >= 0.3 is 0 Å². The minimum absolute atomic E-state index is 0.0172. The summed E-state index contributed by atoms with van der Waals surface area (Å²) in [6, 6.07) is 0.298. The highest BCUT2D eigenvalue weighted by Crippen LogP contribution is 2.30. The van der Waals surface area contributed by atoms with Gasteiger partial charge in [-0.25, -0.2) is 4.98 Å². The number of piperidine rings is 1. The maximum atomic E-state index is 12.7. The van der Waals surface area contributed by atoms with Crippen molar-refractivity contribution in [2.75, 3.05) is 13.1 Å². The van der Waals surface area contributed by atoms with Gasteiger partial charge in [0.2, 0.25) is 17.7 Å². The van der Waals surface area contributed by atoms with Gasteiger partial charge in [0, 0.05) is 43.9 Å². The third kappa shape index (κ3) is 5.05. The molecule has 1 saturated carbocycles. The lowest BCUT2D eigenvalue weighted by Crippen LogP contribution is -2.62. The van der Waals surface area contributed by atoms with Crippen molar-refractivity contribution in [3.63, 3.8) is 0 Å². The molecule has 1 aliphatic carbocycles. The van der Waals surface area contributed by atoms with E-state index in [0.717, 1.165) is 44.9 Å². The van der Waals surface area contributed by atoms with E-state index in [4.69, 9.17) is 4.42 Å². The van der Waals surface area contributed by atoms with Crippen molar-refractivity contribution < 1.29 is 14.0 Å². The molecule has 0 spiro atoms. The van der Waals surface area contributed by atoms with Crippen molar-refractivity contribution in [2.45, 2.75) is 75.9 Å². The maximum Gasteiger partial charge on any atom is 0.267 e. The number of nitrogens with zero attached hydrogens (tertiary/aromatic N) is 5. The first kappa shape index (κ1) is 21.9. The van der Waals surface area contributed by atoms with E-state index in [-0.39, 0.29) is 29.8 Å². The van der Waals surface area contributed by atoms with Gasteiger partial charge in [0.05, 0.1) is 18.3 Å². The molecule has 2 amide bonds. The number of aromatic nitrogens is 4. The maximum absolute atomic E-state index is 12.7. The topological polar surface area (TPSA) is 126 Å². The Morgan fingerprint density at radius 1 is 1.12 bits per heavy atom. The van der Waals surface area contributed by atoms with Crippen LogP contribution in [0.2, 0.25) is 0 Å². The first-order chi connectivity index (χ1) is 16.2. The Morgan fingerprint density at radius 3 is 2.79 bits per heavy atom. The summed E-state index contributed by atoms with van der Waals surface area (Å²) in [4.78, 5) is 35.2. The number of hydrogen-bond donors (Lipinski definition) is 2. The van der Waals surface area contributed by atoms with Crippen molar-refractivity contribution in [1.82, 2.24) is 35.7 Å². The number of hydrogen-bond acceptors (Lipinski definition) is 8. The normalized spacial score (nSPS) is 26.0. The Balaban J connectivity index is 1.05. The summed E-state index contributed by atoms with van der Waals surface area (Å²) >= 11 is 0. The second-order valence-electron chi connectivity index (χ2n) is 9.31. The molecule has 2 aromatic heterocycles. The van der Waals surface area contributed by atoms with Gasteiger partial charge in [-0.3, -0.25) is 19.9 Å². The third-order valence-electron chi connectivity index (χ3n) is 7.14. The molecule has 0 bridgehead atoms. The number of nitrogens with one attached hydrogen (secondary N) is 2. The van der Waals surface area contributed by atoms with Gasteiger partial charge in [-0.2, -0.15) is 0 Å². The molecule has 2 aliphatic heterocycles. The van der Waals surface area contributed by atoms with Crippen LogP contribution < -0.4 is 10.6 Å². The van der Waals surface area contributed by atoms with Crippen LogP contribution in [0.15, 0.2) is 23.0 Å². The lowest BCUT2D eigenvalue weighted by molar-refractivity contribution is -0.132. The fourth-order valence-corrected chi connectivity index (χ4v) is 5.28. The van der Waals surface area contributed by atoms with Crippen LogP contribution in [-0.2, 0) is 9.59 Å². The van der Waals surface area contributed by atoms with Crippen molar-refractivity contribution in [2.24, 2.45) is 5.92 Å². The van der Waals surface area contributed by atoms with Gasteiger partial charge in [-0.15, -0.1) is 10.2 Å². The Morgan fingerprint density at radius 2 is 1.97 bits per heavy atom. The fourth-order valence-electron chi connectivity index (χ4n) is 5.28. The second-order valence-corrected chi connectivity index (χ2v) is 9.31. The summed E-state index contributed by atoms with van der Waals surface area (Å²) in [6.45, 7) is 1.38. The second kappa shape index (κ2) is 9.94. The predicted molar refractivity (Wildman–Crippen MR) is 119 cm³/mol. The lowest BCUT2D eigenvalue weighted by Gasteiger charge is -2.40. The molecule has 3 atom stereocenters. The van der Waals surface area contributed by atoms with Gasteiger partial charge in [-0.1, -0.05) is 12.8 Å². The first-order valence-electron chi connectivity index (χ1n) is 12.1. The molecule has 3 aliphatic rings. The van der Waals surface area contributed by atoms with Crippen LogP contribution in [0.4, 0.5) is 0 Å². The van der Waals surface area contributed by atoms with E-state index in [2.05, 4.69) is 30.8 Å². The molecule has 33 heavy (non-hydrogen) atoms. The summed E-state index contributed by atoms with van der Waals surface area (Å²) in [6.07, 6.45) is 12.8. The van der Waals surface area contributed by atoms with Crippen molar-refractivity contribution in [3.8, 4) is 11.6 Å². The van der Waals surface area contributed by atoms with Crippen molar-refractivity contribution >= 4 is 11.8 Å². The zero-order valence-corrected chi connectivity index (χ0v) is 18.8. The smallest absolute Gasteiger partial charge is 0.267 e. The van der Waals surface area contributed by atoms with Gasteiger partial charge in [-0.05, 0) is 38.5 Å². The van der Waals surface area contributed by atoms with E-state index in [1.807, 2.05) is 4.90 Å². The average molecular weight is 454 g/mol. The zero-order chi connectivity index (χ0) is 22.6. The highest BCUT2D eigenvalue weighted by atomic mass is 16.4. The molecule has 4 heterocycles. The lowest BCUT2D eigenvalue weighted by atomic mass is 9.82. The molecule has 5 rings (SSSR count). The van der Waals surface area contributed by atoms with E-state index >= 15 is 0 Å². The third-order valence-corrected chi connectivity index (χ3v) is 7.14. The van der Waals surface area contributed by atoms with Crippen molar-refractivity contribution in [1.29, 1.82) is 0 Å². The molecule has 10 nitrogen and oxygen atoms in total. The molecule has 176 valence electrons. The van der Waals surface area contributed by atoms with Crippen LogP contribution in [0.25, 0.3) is 11.6 Å². The molecule has 0 radical (unpaired) electrons. The number of rotatable bonds is 6. The van der Waals surface area contributed by atoms with Gasteiger partial charge in [0.15, 0.2) is 0 Å². The molecule has 3 unspecified atom stereocenters. The van der Waals surface area contributed by atoms with Crippen LogP contribution in [0, 0.1) is 5.92 Å². The quantitative estimate of drug-likeness (QED) is 0.680. The van der Waals surface area contributed by atoms with Crippen LogP contribution in [-0.4, -0.2) is 62.2 Å². The van der Waals surface area contributed by atoms with Crippen LogP contribution in [0.1, 0.15) is 69.6 Å². The van der Waals surface area contributed by atoms with Gasteiger partial charge in [0.25, 0.3) is 5.89 Å².